The van der Waals surface area contributed by atoms with Crippen LogP contribution in [0.5, 0.6) is 11.5 Å². The summed E-state index contributed by atoms with van der Waals surface area (Å²) in [5.41, 5.74) is 2.15. The molecule has 0 bridgehead atoms. The van der Waals surface area contributed by atoms with Gasteiger partial charge in [0.15, 0.2) is 17.6 Å². The van der Waals surface area contributed by atoms with Crippen molar-refractivity contribution in [3.05, 3.63) is 52.5 Å². The molecule has 2 atom stereocenters. The summed E-state index contributed by atoms with van der Waals surface area (Å²) in [6.45, 7) is 5.77. The number of methoxy groups -OCH3 is 1. The number of rotatable bonds is 6. The van der Waals surface area contributed by atoms with E-state index in [-0.39, 0.29) is 22.5 Å². The van der Waals surface area contributed by atoms with E-state index in [4.69, 9.17) is 25.8 Å². The Morgan fingerprint density at radius 1 is 1.28 bits per heavy atom. The molecule has 1 amide bonds. The molecular formula is C22H24ClNO5. The minimum absolute atomic E-state index is 0.000988. The van der Waals surface area contributed by atoms with Gasteiger partial charge in [0, 0.05) is 11.7 Å². The second kappa shape index (κ2) is 8.74. The number of halogens is 1. The third-order valence-electron chi connectivity index (χ3n) is 4.83. The van der Waals surface area contributed by atoms with E-state index in [1.165, 1.54) is 19.2 Å². The molecule has 1 heterocycles. The number of hydrogen-bond acceptors (Lipinski definition) is 5. The molecule has 2 aromatic carbocycles. The van der Waals surface area contributed by atoms with Gasteiger partial charge in [0.05, 0.1) is 24.3 Å². The van der Waals surface area contributed by atoms with E-state index in [1.54, 1.807) is 11.8 Å². The first-order chi connectivity index (χ1) is 13.9. The molecule has 3 rings (SSSR count). The van der Waals surface area contributed by atoms with Crippen LogP contribution in [0.3, 0.4) is 0 Å². The summed E-state index contributed by atoms with van der Waals surface area (Å²) in [7, 11) is 1.46. The van der Waals surface area contributed by atoms with Crippen molar-refractivity contribution in [1.29, 1.82) is 0 Å². The Hall–Kier alpha value is -2.73. The van der Waals surface area contributed by atoms with Crippen molar-refractivity contribution in [3.8, 4) is 11.5 Å². The first-order valence-corrected chi connectivity index (χ1v) is 9.87. The number of fused-ring (bicyclic) bond motifs is 1. The SMILES string of the molecule is CCOc1c(Cl)cc(C(=O)O[C@H](C)C(=O)N2c3ccccc3C[C@H]2C)cc1OC. The number of anilines is 1. The van der Waals surface area contributed by atoms with Crippen LogP contribution in [0.2, 0.25) is 5.02 Å². The Kier molecular flexibility index (Phi) is 6.33. The van der Waals surface area contributed by atoms with Gasteiger partial charge in [-0.1, -0.05) is 29.8 Å². The number of para-hydroxylation sites is 1. The Morgan fingerprint density at radius 3 is 2.69 bits per heavy atom. The summed E-state index contributed by atoms with van der Waals surface area (Å²) >= 11 is 6.23. The van der Waals surface area contributed by atoms with Crippen LogP contribution in [0.1, 0.15) is 36.7 Å². The molecule has 0 fully saturated rings. The van der Waals surface area contributed by atoms with Gasteiger partial charge in [0.25, 0.3) is 5.91 Å². The lowest BCUT2D eigenvalue weighted by Crippen LogP contribution is -2.43. The Bertz CT molecular complexity index is 929. The molecule has 1 aliphatic heterocycles. The Balaban J connectivity index is 1.77. The molecule has 1 aliphatic rings. The number of ether oxygens (including phenoxy) is 3. The van der Waals surface area contributed by atoms with Crippen molar-refractivity contribution in [1.82, 2.24) is 0 Å². The molecule has 0 spiro atoms. The minimum Gasteiger partial charge on any atom is -0.493 e. The number of nitrogens with zero attached hydrogens (tertiary/aromatic N) is 1. The highest BCUT2D eigenvalue weighted by atomic mass is 35.5. The highest BCUT2D eigenvalue weighted by Crippen LogP contribution is 2.37. The van der Waals surface area contributed by atoms with Gasteiger partial charge in [-0.3, -0.25) is 4.79 Å². The molecule has 0 saturated carbocycles. The van der Waals surface area contributed by atoms with Crippen LogP contribution < -0.4 is 14.4 Å². The van der Waals surface area contributed by atoms with Gasteiger partial charge < -0.3 is 19.1 Å². The van der Waals surface area contributed by atoms with E-state index in [0.717, 1.165) is 17.7 Å². The van der Waals surface area contributed by atoms with E-state index >= 15 is 0 Å². The van der Waals surface area contributed by atoms with Crippen LogP contribution in [0.25, 0.3) is 0 Å². The highest BCUT2D eigenvalue weighted by Gasteiger charge is 2.34. The third-order valence-corrected chi connectivity index (χ3v) is 5.11. The molecule has 6 nitrogen and oxygen atoms in total. The van der Waals surface area contributed by atoms with Crippen molar-refractivity contribution in [2.45, 2.75) is 39.3 Å². The second-order valence-corrected chi connectivity index (χ2v) is 7.27. The van der Waals surface area contributed by atoms with E-state index in [0.29, 0.717) is 18.1 Å². The number of esters is 1. The molecule has 0 saturated heterocycles. The van der Waals surface area contributed by atoms with E-state index in [9.17, 15) is 9.59 Å². The number of amides is 1. The van der Waals surface area contributed by atoms with Gasteiger partial charge in [-0.25, -0.2) is 4.79 Å². The number of hydrogen-bond donors (Lipinski definition) is 0. The van der Waals surface area contributed by atoms with Gasteiger partial charge in [-0.2, -0.15) is 0 Å². The van der Waals surface area contributed by atoms with Gasteiger partial charge in [-0.15, -0.1) is 0 Å². The predicted molar refractivity (Wildman–Crippen MR) is 111 cm³/mol. The first-order valence-electron chi connectivity index (χ1n) is 9.49. The van der Waals surface area contributed by atoms with Crippen LogP contribution in [-0.2, 0) is 16.0 Å². The molecule has 0 N–H and O–H groups in total. The molecule has 0 unspecified atom stereocenters. The largest absolute Gasteiger partial charge is 0.493 e. The fraction of sp³-hybridized carbons (Fsp3) is 0.364. The summed E-state index contributed by atoms with van der Waals surface area (Å²) in [5, 5.41) is 0.235. The van der Waals surface area contributed by atoms with Crippen LogP contribution in [-0.4, -0.2) is 37.7 Å². The number of carbonyl (C=O) groups excluding carboxylic acids is 2. The average molecular weight is 418 g/mol. The summed E-state index contributed by atoms with van der Waals surface area (Å²) in [4.78, 5) is 27.3. The van der Waals surface area contributed by atoms with Gasteiger partial charge in [-0.05, 0) is 51.0 Å². The van der Waals surface area contributed by atoms with Crippen molar-refractivity contribution < 1.29 is 23.8 Å². The van der Waals surface area contributed by atoms with Gasteiger partial charge in [0.2, 0.25) is 0 Å². The van der Waals surface area contributed by atoms with Crippen molar-refractivity contribution in [2.24, 2.45) is 0 Å². The molecule has 154 valence electrons. The number of carbonyl (C=O) groups is 2. The maximum atomic E-state index is 13.0. The topological polar surface area (TPSA) is 65.1 Å². The Morgan fingerprint density at radius 2 is 2.00 bits per heavy atom. The number of benzene rings is 2. The quantitative estimate of drug-likeness (QED) is 0.656. The average Bonchev–Trinajstić information content (AvgIpc) is 3.04. The summed E-state index contributed by atoms with van der Waals surface area (Å²) in [5.74, 6) is -0.235. The standard InChI is InChI=1S/C22H24ClNO5/c1-5-28-20-17(23)11-16(12-19(20)27-4)22(26)29-14(3)21(25)24-13(2)10-15-8-6-7-9-18(15)24/h6-9,11-14H,5,10H2,1-4H3/t13-,14-/m1/s1. The zero-order valence-corrected chi connectivity index (χ0v) is 17.7. The minimum atomic E-state index is -0.951. The molecule has 29 heavy (non-hydrogen) atoms. The van der Waals surface area contributed by atoms with E-state index in [2.05, 4.69) is 0 Å². The molecule has 0 aliphatic carbocycles. The van der Waals surface area contributed by atoms with E-state index < -0.39 is 12.1 Å². The summed E-state index contributed by atoms with van der Waals surface area (Å²) in [6, 6.07) is 10.7. The zero-order valence-electron chi connectivity index (χ0n) is 16.9. The van der Waals surface area contributed by atoms with Crippen molar-refractivity contribution in [2.75, 3.05) is 18.6 Å². The van der Waals surface area contributed by atoms with Crippen molar-refractivity contribution >= 4 is 29.2 Å². The maximum Gasteiger partial charge on any atom is 0.339 e. The van der Waals surface area contributed by atoms with Crippen molar-refractivity contribution in [3.63, 3.8) is 0 Å². The third kappa shape index (κ3) is 4.17. The maximum absolute atomic E-state index is 13.0. The molecule has 2 aromatic rings. The normalized spacial score (nSPS) is 16.2. The van der Waals surface area contributed by atoms with Gasteiger partial charge >= 0.3 is 5.97 Å². The monoisotopic (exact) mass is 417 g/mol. The molecular weight excluding hydrogens is 394 g/mol. The zero-order chi connectivity index (χ0) is 21.1. The lowest BCUT2D eigenvalue weighted by molar-refractivity contribution is -0.126. The predicted octanol–water partition coefficient (Wildman–Crippen LogP) is 4.27. The second-order valence-electron chi connectivity index (χ2n) is 6.86. The van der Waals surface area contributed by atoms with Crippen LogP contribution >= 0.6 is 11.6 Å². The molecule has 0 radical (unpaired) electrons. The van der Waals surface area contributed by atoms with Crippen LogP contribution in [0, 0.1) is 0 Å². The summed E-state index contributed by atoms with van der Waals surface area (Å²) in [6.07, 6.45) is -0.179. The van der Waals surface area contributed by atoms with E-state index in [1.807, 2.05) is 38.1 Å². The highest BCUT2D eigenvalue weighted by molar-refractivity contribution is 6.32. The van der Waals surface area contributed by atoms with Crippen LogP contribution in [0.4, 0.5) is 5.69 Å². The van der Waals surface area contributed by atoms with Gasteiger partial charge in [0.1, 0.15) is 0 Å². The summed E-state index contributed by atoms with van der Waals surface area (Å²) < 4.78 is 16.2. The lowest BCUT2D eigenvalue weighted by atomic mass is 10.1. The molecule has 7 heteroatoms. The smallest absolute Gasteiger partial charge is 0.339 e. The fourth-order valence-corrected chi connectivity index (χ4v) is 3.76. The lowest BCUT2D eigenvalue weighted by Gasteiger charge is -2.26. The first kappa shape index (κ1) is 21.0. The Labute approximate surface area is 175 Å². The fourth-order valence-electron chi connectivity index (χ4n) is 3.50. The van der Waals surface area contributed by atoms with Crippen LogP contribution in [0.15, 0.2) is 36.4 Å². The molecule has 0 aromatic heterocycles.